The van der Waals surface area contributed by atoms with Gasteiger partial charge in [-0.15, -0.1) is 0 Å². The molecule has 3 aromatic rings. The molecule has 8 heteroatoms. The van der Waals surface area contributed by atoms with Gasteiger partial charge in [0.05, 0.1) is 19.1 Å². The first-order valence-corrected chi connectivity index (χ1v) is 9.28. The number of esters is 1. The van der Waals surface area contributed by atoms with E-state index in [-0.39, 0.29) is 5.91 Å². The minimum atomic E-state index is -0.671. The van der Waals surface area contributed by atoms with Crippen molar-refractivity contribution in [3.05, 3.63) is 84.3 Å². The smallest absolute Gasteiger partial charge is 0.331 e. The molecule has 0 aliphatic heterocycles. The van der Waals surface area contributed by atoms with Gasteiger partial charge in [0, 0.05) is 17.3 Å². The Labute approximate surface area is 178 Å². The summed E-state index contributed by atoms with van der Waals surface area (Å²) in [7, 11) is 1.52. The van der Waals surface area contributed by atoms with Crippen LogP contribution in [-0.2, 0) is 14.3 Å². The average molecular weight is 420 g/mol. The number of benzene rings is 2. The van der Waals surface area contributed by atoms with Crippen LogP contribution in [0.15, 0.2) is 77.4 Å². The molecule has 0 bridgehead atoms. The van der Waals surface area contributed by atoms with E-state index in [9.17, 15) is 14.4 Å². The molecule has 2 aromatic carbocycles. The van der Waals surface area contributed by atoms with Crippen molar-refractivity contribution in [2.24, 2.45) is 0 Å². The quantitative estimate of drug-likeness (QED) is 0.425. The number of rotatable bonds is 8. The molecule has 158 valence electrons. The number of anilines is 2. The van der Waals surface area contributed by atoms with Crippen LogP contribution in [-0.4, -0.2) is 31.5 Å². The molecule has 0 spiro atoms. The third-order valence-electron chi connectivity index (χ3n) is 4.06. The molecule has 1 aromatic heterocycles. The van der Waals surface area contributed by atoms with Crippen LogP contribution >= 0.6 is 0 Å². The van der Waals surface area contributed by atoms with Crippen LogP contribution in [0.1, 0.15) is 16.1 Å². The van der Waals surface area contributed by atoms with E-state index in [4.69, 9.17) is 13.9 Å². The lowest BCUT2D eigenvalue weighted by Gasteiger charge is -2.10. The highest BCUT2D eigenvalue weighted by Crippen LogP contribution is 2.23. The first kappa shape index (κ1) is 21.4. The van der Waals surface area contributed by atoms with Gasteiger partial charge in [-0.25, -0.2) is 4.79 Å². The highest BCUT2D eigenvalue weighted by Gasteiger charge is 2.10. The van der Waals surface area contributed by atoms with E-state index < -0.39 is 18.5 Å². The van der Waals surface area contributed by atoms with Crippen molar-refractivity contribution < 1.29 is 28.3 Å². The Bertz CT molecular complexity index is 1070. The minimum Gasteiger partial charge on any atom is -0.495 e. The summed E-state index contributed by atoms with van der Waals surface area (Å²) in [6.07, 6.45) is 4.09. The summed E-state index contributed by atoms with van der Waals surface area (Å²) < 4.78 is 15.1. The first-order chi connectivity index (χ1) is 15.0. The molecule has 0 radical (unpaired) electrons. The zero-order valence-corrected chi connectivity index (χ0v) is 16.7. The Morgan fingerprint density at radius 1 is 0.968 bits per heavy atom. The minimum absolute atomic E-state index is 0.320. The molecule has 0 aliphatic rings. The van der Waals surface area contributed by atoms with Crippen LogP contribution < -0.4 is 15.4 Å². The highest BCUT2D eigenvalue weighted by molar-refractivity contribution is 6.05. The third-order valence-corrected chi connectivity index (χ3v) is 4.06. The molecule has 2 amide bonds. The predicted octanol–water partition coefficient (Wildman–Crippen LogP) is 3.74. The second-order valence-electron chi connectivity index (χ2n) is 6.24. The third kappa shape index (κ3) is 6.33. The summed E-state index contributed by atoms with van der Waals surface area (Å²) in [4.78, 5) is 36.0. The molecule has 8 nitrogen and oxygen atoms in total. The highest BCUT2D eigenvalue weighted by atomic mass is 16.5. The van der Waals surface area contributed by atoms with E-state index in [0.29, 0.717) is 28.4 Å². The SMILES string of the molecule is COc1ccccc1NC(=O)c1ccc(NC(=O)COC(=O)/C=C/c2ccco2)cc1. The molecule has 0 atom stereocenters. The molecule has 0 saturated carbocycles. The second kappa shape index (κ2) is 10.4. The van der Waals surface area contributed by atoms with Crippen LogP contribution in [0.25, 0.3) is 6.08 Å². The molecule has 0 saturated heterocycles. The van der Waals surface area contributed by atoms with Crippen molar-refractivity contribution in [3.8, 4) is 5.75 Å². The number of hydrogen-bond acceptors (Lipinski definition) is 6. The molecule has 0 aliphatic carbocycles. The van der Waals surface area contributed by atoms with Crippen LogP contribution in [0.2, 0.25) is 0 Å². The lowest BCUT2D eigenvalue weighted by molar-refractivity contribution is -0.142. The lowest BCUT2D eigenvalue weighted by atomic mass is 10.2. The van der Waals surface area contributed by atoms with Gasteiger partial charge < -0.3 is 24.5 Å². The Balaban J connectivity index is 1.48. The number of methoxy groups -OCH3 is 1. The van der Waals surface area contributed by atoms with Crippen LogP contribution in [0.3, 0.4) is 0 Å². The Morgan fingerprint density at radius 2 is 1.74 bits per heavy atom. The van der Waals surface area contributed by atoms with Crippen molar-refractivity contribution >= 4 is 35.2 Å². The molecule has 3 rings (SSSR count). The standard InChI is InChI=1S/C23H20N2O6/c1-29-20-7-3-2-6-19(20)25-23(28)16-8-10-17(11-9-16)24-21(26)15-31-22(27)13-12-18-5-4-14-30-18/h2-14H,15H2,1H3,(H,24,26)(H,25,28)/b13-12+. The monoisotopic (exact) mass is 420 g/mol. The maximum Gasteiger partial charge on any atom is 0.331 e. The van der Waals surface area contributed by atoms with Gasteiger partial charge in [-0.05, 0) is 54.6 Å². The van der Waals surface area contributed by atoms with E-state index in [1.54, 1.807) is 60.7 Å². The van der Waals surface area contributed by atoms with Crippen LogP contribution in [0, 0.1) is 0 Å². The number of carbonyl (C=O) groups is 3. The summed E-state index contributed by atoms with van der Waals surface area (Å²) in [6, 6.07) is 16.7. The lowest BCUT2D eigenvalue weighted by Crippen LogP contribution is -2.20. The summed E-state index contributed by atoms with van der Waals surface area (Å²) in [5.41, 5.74) is 1.41. The van der Waals surface area contributed by atoms with E-state index in [1.807, 2.05) is 0 Å². The summed E-state index contributed by atoms with van der Waals surface area (Å²) in [5.74, 6) is -0.454. The van der Waals surface area contributed by atoms with E-state index >= 15 is 0 Å². The number of carbonyl (C=O) groups excluding carboxylic acids is 3. The first-order valence-electron chi connectivity index (χ1n) is 9.28. The van der Waals surface area contributed by atoms with Crippen molar-refractivity contribution in [1.82, 2.24) is 0 Å². The Kier molecular flexibility index (Phi) is 7.21. The number of ether oxygens (including phenoxy) is 2. The number of nitrogens with one attached hydrogen (secondary N) is 2. The second-order valence-corrected chi connectivity index (χ2v) is 6.24. The largest absolute Gasteiger partial charge is 0.495 e. The summed E-state index contributed by atoms with van der Waals surface area (Å²) in [6.45, 7) is -0.447. The van der Waals surface area contributed by atoms with Gasteiger partial charge in [-0.3, -0.25) is 9.59 Å². The summed E-state index contributed by atoms with van der Waals surface area (Å²) in [5, 5.41) is 5.36. The van der Waals surface area contributed by atoms with Crippen LogP contribution in [0.4, 0.5) is 11.4 Å². The van der Waals surface area contributed by atoms with E-state index in [0.717, 1.165) is 0 Å². The number of para-hydroxylation sites is 2. The van der Waals surface area contributed by atoms with Gasteiger partial charge in [-0.1, -0.05) is 12.1 Å². The maximum atomic E-state index is 12.4. The van der Waals surface area contributed by atoms with Crippen molar-refractivity contribution in [3.63, 3.8) is 0 Å². The maximum absolute atomic E-state index is 12.4. The zero-order valence-electron chi connectivity index (χ0n) is 16.7. The zero-order chi connectivity index (χ0) is 22.1. The number of furan rings is 1. The molecule has 0 fully saturated rings. The molecule has 0 unspecified atom stereocenters. The van der Waals surface area contributed by atoms with Gasteiger partial charge in [-0.2, -0.15) is 0 Å². The normalized spacial score (nSPS) is 10.5. The van der Waals surface area contributed by atoms with Gasteiger partial charge in [0.15, 0.2) is 6.61 Å². The van der Waals surface area contributed by atoms with Crippen LogP contribution in [0.5, 0.6) is 5.75 Å². The summed E-state index contributed by atoms with van der Waals surface area (Å²) >= 11 is 0. The fraction of sp³-hybridized carbons (Fsp3) is 0.0870. The van der Waals surface area contributed by atoms with Gasteiger partial charge in [0.1, 0.15) is 11.5 Å². The van der Waals surface area contributed by atoms with E-state index in [2.05, 4.69) is 10.6 Å². The molecular weight excluding hydrogens is 400 g/mol. The van der Waals surface area contributed by atoms with Gasteiger partial charge in [0.2, 0.25) is 0 Å². The molecule has 2 N–H and O–H groups in total. The van der Waals surface area contributed by atoms with Crippen molar-refractivity contribution in [2.45, 2.75) is 0 Å². The fourth-order valence-corrected chi connectivity index (χ4v) is 2.57. The number of hydrogen-bond donors (Lipinski definition) is 2. The van der Waals surface area contributed by atoms with Gasteiger partial charge in [0.25, 0.3) is 11.8 Å². The number of amides is 2. The molecular formula is C23H20N2O6. The van der Waals surface area contributed by atoms with Gasteiger partial charge >= 0.3 is 5.97 Å². The predicted molar refractivity (Wildman–Crippen MR) is 115 cm³/mol. The fourth-order valence-electron chi connectivity index (χ4n) is 2.57. The average Bonchev–Trinajstić information content (AvgIpc) is 3.31. The van der Waals surface area contributed by atoms with E-state index in [1.165, 1.54) is 25.5 Å². The van der Waals surface area contributed by atoms with Crippen molar-refractivity contribution in [1.29, 1.82) is 0 Å². The Morgan fingerprint density at radius 3 is 2.45 bits per heavy atom. The molecule has 31 heavy (non-hydrogen) atoms. The van der Waals surface area contributed by atoms with Crippen molar-refractivity contribution in [2.75, 3.05) is 24.4 Å². The Hall–Kier alpha value is -4.33. The topological polar surface area (TPSA) is 107 Å². The molecule has 1 heterocycles.